The summed E-state index contributed by atoms with van der Waals surface area (Å²) in [4.78, 5) is 10.8. The molecule has 1 saturated carbocycles. The summed E-state index contributed by atoms with van der Waals surface area (Å²) in [6.07, 6.45) is 1.26. The number of anilines is 1. The minimum Gasteiger partial charge on any atom is -0.477 e. The Labute approximate surface area is 96.2 Å². The third-order valence-electron chi connectivity index (χ3n) is 3.10. The number of carboxylic acids is 1. The predicted molar refractivity (Wildman–Crippen MR) is 56.1 cm³/mol. The van der Waals surface area contributed by atoms with Gasteiger partial charge in [-0.25, -0.2) is 18.3 Å². The van der Waals surface area contributed by atoms with Crippen LogP contribution in [0.4, 0.5) is 14.6 Å². The number of nitrogen functional groups attached to an aromatic ring is 1. The van der Waals surface area contributed by atoms with Crippen LogP contribution in [0.3, 0.4) is 0 Å². The summed E-state index contributed by atoms with van der Waals surface area (Å²) in [5.74, 6) is -3.74. The molecule has 0 amide bonds. The number of nitrogens with two attached hydrogens (primary N) is 1. The minimum absolute atomic E-state index is 0.0349. The summed E-state index contributed by atoms with van der Waals surface area (Å²) in [5, 5.41) is 12.7. The number of rotatable bonds is 2. The second-order valence-corrected chi connectivity index (χ2v) is 4.28. The Hall–Kier alpha value is -1.66. The van der Waals surface area contributed by atoms with Crippen molar-refractivity contribution in [3.05, 3.63) is 11.8 Å². The lowest BCUT2D eigenvalue weighted by atomic mass is 9.92. The van der Waals surface area contributed by atoms with E-state index in [0.29, 0.717) is 0 Å². The highest BCUT2D eigenvalue weighted by Gasteiger charge is 2.36. The molecule has 0 aliphatic heterocycles. The second kappa shape index (κ2) is 3.97. The van der Waals surface area contributed by atoms with E-state index in [-0.39, 0.29) is 43.1 Å². The van der Waals surface area contributed by atoms with Crippen molar-refractivity contribution in [1.82, 2.24) is 9.78 Å². The Balaban J connectivity index is 2.17. The summed E-state index contributed by atoms with van der Waals surface area (Å²) < 4.78 is 27.3. The Morgan fingerprint density at radius 2 is 2.12 bits per heavy atom. The van der Waals surface area contributed by atoms with Gasteiger partial charge in [-0.2, -0.15) is 5.10 Å². The number of halogens is 2. The zero-order valence-corrected chi connectivity index (χ0v) is 9.07. The average molecular weight is 245 g/mol. The van der Waals surface area contributed by atoms with E-state index in [2.05, 4.69) is 5.10 Å². The van der Waals surface area contributed by atoms with E-state index >= 15 is 0 Å². The maximum atomic E-state index is 13.0. The first-order valence-corrected chi connectivity index (χ1v) is 5.35. The lowest BCUT2D eigenvalue weighted by molar-refractivity contribution is -0.0448. The number of aromatic carboxylic acids is 1. The maximum Gasteiger partial charge on any atom is 0.341 e. The molecule has 5 nitrogen and oxygen atoms in total. The molecule has 0 unspecified atom stereocenters. The summed E-state index contributed by atoms with van der Waals surface area (Å²) in [6.45, 7) is 0. The second-order valence-electron chi connectivity index (χ2n) is 4.28. The van der Waals surface area contributed by atoms with Crippen LogP contribution in [0.1, 0.15) is 42.1 Å². The van der Waals surface area contributed by atoms with Gasteiger partial charge in [0.05, 0.1) is 12.2 Å². The van der Waals surface area contributed by atoms with Gasteiger partial charge < -0.3 is 10.8 Å². The van der Waals surface area contributed by atoms with Crippen molar-refractivity contribution < 1.29 is 18.7 Å². The molecule has 94 valence electrons. The molecule has 17 heavy (non-hydrogen) atoms. The summed E-state index contributed by atoms with van der Waals surface area (Å²) in [5.41, 5.74) is 5.55. The lowest BCUT2D eigenvalue weighted by Gasteiger charge is -2.28. The topological polar surface area (TPSA) is 81.1 Å². The molecular weight excluding hydrogens is 232 g/mol. The van der Waals surface area contributed by atoms with Gasteiger partial charge in [0.15, 0.2) is 0 Å². The molecule has 0 radical (unpaired) electrons. The molecule has 1 heterocycles. The van der Waals surface area contributed by atoms with Crippen molar-refractivity contribution in [3.8, 4) is 0 Å². The number of carbonyl (C=O) groups is 1. The molecule has 0 bridgehead atoms. The number of aromatic nitrogens is 2. The molecule has 0 atom stereocenters. The summed E-state index contributed by atoms with van der Waals surface area (Å²) >= 11 is 0. The fourth-order valence-corrected chi connectivity index (χ4v) is 2.10. The van der Waals surface area contributed by atoms with Crippen LogP contribution in [-0.2, 0) is 0 Å². The fourth-order valence-electron chi connectivity index (χ4n) is 2.10. The van der Waals surface area contributed by atoms with Crippen LogP contribution in [0.15, 0.2) is 6.20 Å². The molecule has 1 aliphatic rings. The maximum absolute atomic E-state index is 13.0. The van der Waals surface area contributed by atoms with Crippen LogP contribution in [0.2, 0.25) is 0 Å². The van der Waals surface area contributed by atoms with Gasteiger partial charge >= 0.3 is 5.97 Å². The molecule has 2 rings (SSSR count). The largest absolute Gasteiger partial charge is 0.477 e. The van der Waals surface area contributed by atoms with E-state index in [1.54, 1.807) is 0 Å². The molecular formula is C10H13F2N3O2. The average Bonchev–Trinajstić information content (AvgIpc) is 2.60. The fraction of sp³-hybridized carbons (Fsp3) is 0.600. The van der Waals surface area contributed by atoms with Gasteiger partial charge in [0.25, 0.3) is 0 Å². The van der Waals surface area contributed by atoms with E-state index in [1.165, 1.54) is 4.68 Å². The van der Waals surface area contributed by atoms with Crippen molar-refractivity contribution in [1.29, 1.82) is 0 Å². The molecule has 1 aliphatic carbocycles. The Kier molecular flexibility index (Phi) is 2.76. The SMILES string of the molecule is Nc1c(C(=O)O)cnn1C1CCC(F)(F)CC1. The zero-order chi connectivity index (χ0) is 12.6. The summed E-state index contributed by atoms with van der Waals surface area (Å²) in [6, 6.07) is -0.234. The predicted octanol–water partition coefficient (Wildman–Crippen LogP) is 1.91. The van der Waals surface area contributed by atoms with Crippen LogP contribution in [-0.4, -0.2) is 26.8 Å². The van der Waals surface area contributed by atoms with Gasteiger partial charge in [-0.1, -0.05) is 0 Å². The van der Waals surface area contributed by atoms with Crippen LogP contribution >= 0.6 is 0 Å². The molecule has 0 aromatic carbocycles. The van der Waals surface area contributed by atoms with E-state index in [1.807, 2.05) is 0 Å². The molecule has 1 fully saturated rings. The van der Waals surface area contributed by atoms with Gasteiger partial charge in [-0.3, -0.25) is 0 Å². The lowest BCUT2D eigenvalue weighted by Crippen LogP contribution is -2.27. The van der Waals surface area contributed by atoms with Crippen molar-refractivity contribution in [3.63, 3.8) is 0 Å². The molecule has 0 saturated heterocycles. The molecule has 3 N–H and O–H groups in total. The quantitative estimate of drug-likeness (QED) is 0.833. The number of hydrogen-bond acceptors (Lipinski definition) is 3. The van der Waals surface area contributed by atoms with Crippen LogP contribution in [0.5, 0.6) is 0 Å². The van der Waals surface area contributed by atoms with Crippen molar-refractivity contribution in [2.75, 3.05) is 5.73 Å². The normalized spacial score (nSPS) is 20.4. The van der Waals surface area contributed by atoms with Gasteiger partial charge in [0.1, 0.15) is 11.4 Å². The highest BCUT2D eigenvalue weighted by Crippen LogP contribution is 2.39. The number of nitrogens with zero attached hydrogens (tertiary/aromatic N) is 2. The van der Waals surface area contributed by atoms with Crippen LogP contribution in [0.25, 0.3) is 0 Å². The molecule has 0 spiro atoms. The van der Waals surface area contributed by atoms with Gasteiger partial charge in [0.2, 0.25) is 5.92 Å². The van der Waals surface area contributed by atoms with E-state index in [4.69, 9.17) is 10.8 Å². The third kappa shape index (κ3) is 2.22. The van der Waals surface area contributed by atoms with Gasteiger partial charge in [-0.05, 0) is 12.8 Å². The van der Waals surface area contributed by atoms with Crippen molar-refractivity contribution in [2.24, 2.45) is 0 Å². The van der Waals surface area contributed by atoms with Crippen molar-refractivity contribution >= 4 is 11.8 Å². The first kappa shape index (κ1) is 11.8. The van der Waals surface area contributed by atoms with Crippen molar-refractivity contribution in [2.45, 2.75) is 37.6 Å². The minimum atomic E-state index is -2.62. The molecule has 7 heteroatoms. The first-order chi connectivity index (χ1) is 7.91. The first-order valence-electron chi connectivity index (χ1n) is 5.35. The van der Waals surface area contributed by atoms with E-state index < -0.39 is 11.9 Å². The highest BCUT2D eigenvalue weighted by atomic mass is 19.3. The van der Waals surface area contributed by atoms with Crippen LogP contribution in [0, 0.1) is 0 Å². The number of alkyl halides is 2. The van der Waals surface area contributed by atoms with E-state index in [9.17, 15) is 13.6 Å². The Bertz CT molecular complexity index is 435. The smallest absolute Gasteiger partial charge is 0.341 e. The third-order valence-corrected chi connectivity index (χ3v) is 3.10. The van der Waals surface area contributed by atoms with E-state index in [0.717, 1.165) is 6.20 Å². The van der Waals surface area contributed by atoms with Crippen LogP contribution < -0.4 is 5.73 Å². The van der Waals surface area contributed by atoms with Gasteiger partial charge in [-0.15, -0.1) is 0 Å². The summed E-state index contributed by atoms with van der Waals surface area (Å²) in [7, 11) is 0. The highest BCUT2D eigenvalue weighted by molar-refractivity contribution is 5.92. The number of carboxylic acid groups (broad SMARTS) is 1. The Morgan fingerprint density at radius 3 is 2.59 bits per heavy atom. The zero-order valence-electron chi connectivity index (χ0n) is 9.07. The molecule has 1 aromatic rings. The number of hydrogen-bond donors (Lipinski definition) is 2. The van der Waals surface area contributed by atoms with Gasteiger partial charge in [0, 0.05) is 12.8 Å². The monoisotopic (exact) mass is 245 g/mol. The molecule has 1 aromatic heterocycles. The Morgan fingerprint density at radius 1 is 1.53 bits per heavy atom. The standard InChI is InChI=1S/C10H13F2N3O2/c11-10(12)3-1-6(2-4-10)15-8(13)7(5-14-15)9(16)17/h5-6H,1-4,13H2,(H,16,17).